The molecule has 5 nitrogen and oxygen atoms in total. The molecule has 2 N–H and O–H groups in total. The van der Waals surface area contributed by atoms with Gasteiger partial charge in [-0.1, -0.05) is 48.0 Å². The number of aryl methyl sites for hydroxylation is 2. The molecule has 138 valence electrons. The zero-order valence-electron chi connectivity index (χ0n) is 15.3. The zero-order chi connectivity index (χ0) is 18.8. The molecule has 0 saturated carbocycles. The molecule has 2 aromatic carbocycles. The SMILES string of the molecule is Cc1ccc(COc2ccccc2C2SCC(=O)Nc3n[nH]c(C)c32)cc1. The summed E-state index contributed by atoms with van der Waals surface area (Å²) in [7, 11) is 0. The minimum absolute atomic E-state index is 0.0214. The molecule has 1 atom stereocenters. The molecule has 4 rings (SSSR count). The number of carbonyl (C=O) groups excluding carboxylic acids is 1. The van der Waals surface area contributed by atoms with Crippen molar-refractivity contribution in [2.75, 3.05) is 11.1 Å². The van der Waals surface area contributed by atoms with Crippen molar-refractivity contribution in [1.29, 1.82) is 0 Å². The number of benzene rings is 2. The Labute approximate surface area is 162 Å². The summed E-state index contributed by atoms with van der Waals surface area (Å²) >= 11 is 1.59. The second kappa shape index (κ2) is 7.48. The Bertz CT molecular complexity index is 966. The van der Waals surface area contributed by atoms with Crippen LogP contribution in [0.25, 0.3) is 0 Å². The van der Waals surface area contributed by atoms with Crippen molar-refractivity contribution in [3.8, 4) is 5.75 Å². The highest BCUT2D eigenvalue weighted by Gasteiger charge is 2.29. The first-order chi connectivity index (χ1) is 13.1. The number of aromatic amines is 1. The van der Waals surface area contributed by atoms with E-state index in [0.717, 1.165) is 28.1 Å². The van der Waals surface area contributed by atoms with Crippen LogP contribution in [0.5, 0.6) is 5.75 Å². The summed E-state index contributed by atoms with van der Waals surface area (Å²) in [6.07, 6.45) is 0. The van der Waals surface area contributed by atoms with Crippen molar-refractivity contribution >= 4 is 23.5 Å². The van der Waals surface area contributed by atoms with Gasteiger partial charge in [-0.05, 0) is 25.5 Å². The lowest BCUT2D eigenvalue weighted by molar-refractivity contribution is -0.113. The van der Waals surface area contributed by atoms with Gasteiger partial charge in [-0.25, -0.2) is 0 Å². The van der Waals surface area contributed by atoms with Crippen molar-refractivity contribution in [2.45, 2.75) is 25.7 Å². The smallest absolute Gasteiger partial charge is 0.235 e. The van der Waals surface area contributed by atoms with Gasteiger partial charge in [0.15, 0.2) is 5.82 Å². The highest BCUT2D eigenvalue weighted by Crippen LogP contribution is 2.45. The summed E-state index contributed by atoms with van der Waals surface area (Å²) in [5, 5.41) is 10.1. The van der Waals surface area contributed by atoms with Crippen molar-refractivity contribution in [3.05, 3.63) is 76.5 Å². The Kier molecular flexibility index (Phi) is 4.90. The van der Waals surface area contributed by atoms with E-state index in [0.29, 0.717) is 18.2 Å². The topological polar surface area (TPSA) is 67.0 Å². The number of aromatic nitrogens is 2. The lowest BCUT2D eigenvalue weighted by atomic mass is 10.0. The normalized spacial score (nSPS) is 16.4. The Morgan fingerprint density at radius 1 is 1.15 bits per heavy atom. The molecule has 6 heteroatoms. The van der Waals surface area contributed by atoms with Gasteiger partial charge >= 0.3 is 0 Å². The van der Waals surface area contributed by atoms with Crippen LogP contribution in [-0.4, -0.2) is 21.9 Å². The molecule has 0 saturated heterocycles. The molecular formula is C21H21N3O2S. The molecule has 0 spiro atoms. The van der Waals surface area contributed by atoms with Crippen LogP contribution in [0.1, 0.15) is 33.2 Å². The first-order valence-electron chi connectivity index (χ1n) is 8.85. The van der Waals surface area contributed by atoms with E-state index < -0.39 is 0 Å². The second-order valence-corrected chi connectivity index (χ2v) is 7.76. The van der Waals surface area contributed by atoms with Gasteiger partial charge in [0.25, 0.3) is 0 Å². The average molecular weight is 379 g/mol. The van der Waals surface area contributed by atoms with E-state index in [1.165, 1.54) is 5.56 Å². The molecule has 1 aromatic heterocycles. The van der Waals surface area contributed by atoms with Gasteiger partial charge in [0, 0.05) is 16.8 Å². The number of fused-ring (bicyclic) bond motifs is 1. The Balaban J connectivity index is 1.65. The van der Waals surface area contributed by atoms with Gasteiger partial charge in [-0.2, -0.15) is 5.10 Å². The number of hydrogen-bond donors (Lipinski definition) is 2. The van der Waals surface area contributed by atoms with E-state index >= 15 is 0 Å². The Hall–Kier alpha value is -2.73. The minimum Gasteiger partial charge on any atom is -0.489 e. The van der Waals surface area contributed by atoms with Gasteiger partial charge in [0.1, 0.15) is 12.4 Å². The standard InChI is InChI=1S/C21H21N3O2S/c1-13-7-9-15(10-8-13)11-26-17-6-4-3-5-16(17)20-19-14(2)23-24-21(19)22-18(25)12-27-20/h3-10,20H,11-12H2,1-2H3,(H2,22,23,24,25). The number of hydrogen-bond acceptors (Lipinski definition) is 4. The number of nitrogens with zero attached hydrogens (tertiary/aromatic N) is 1. The fourth-order valence-electron chi connectivity index (χ4n) is 3.18. The van der Waals surface area contributed by atoms with E-state index in [1.807, 2.05) is 25.1 Å². The maximum absolute atomic E-state index is 12.0. The molecule has 2 heterocycles. The van der Waals surface area contributed by atoms with Gasteiger partial charge in [0.2, 0.25) is 5.91 Å². The summed E-state index contributed by atoms with van der Waals surface area (Å²) in [5.41, 5.74) is 5.38. The van der Waals surface area contributed by atoms with E-state index in [-0.39, 0.29) is 11.2 Å². The van der Waals surface area contributed by atoms with Crippen LogP contribution in [0.15, 0.2) is 48.5 Å². The third-order valence-corrected chi connectivity index (χ3v) is 5.86. The fraction of sp³-hybridized carbons (Fsp3) is 0.238. The second-order valence-electron chi connectivity index (χ2n) is 6.66. The van der Waals surface area contributed by atoms with Crippen LogP contribution in [-0.2, 0) is 11.4 Å². The third kappa shape index (κ3) is 3.71. The highest BCUT2D eigenvalue weighted by atomic mass is 32.2. The molecule has 1 amide bonds. The molecule has 1 aliphatic rings. The van der Waals surface area contributed by atoms with E-state index in [1.54, 1.807) is 11.8 Å². The number of rotatable bonds is 4. The van der Waals surface area contributed by atoms with Crippen molar-refractivity contribution in [3.63, 3.8) is 0 Å². The number of H-pyrrole nitrogens is 1. The number of para-hydroxylation sites is 1. The molecule has 1 aliphatic heterocycles. The molecule has 0 radical (unpaired) electrons. The predicted octanol–water partition coefficient (Wildman–Crippen LogP) is 4.38. The van der Waals surface area contributed by atoms with Crippen molar-refractivity contribution in [2.24, 2.45) is 0 Å². The van der Waals surface area contributed by atoms with Crippen LogP contribution in [0, 0.1) is 13.8 Å². The third-order valence-electron chi connectivity index (χ3n) is 4.61. The molecule has 0 aliphatic carbocycles. The number of anilines is 1. The number of ether oxygens (including phenoxy) is 1. The van der Waals surface area contributed by atoms with Gasteiger partial charge < -0.3 is 10.1 Å². The van der Waals surface area contributed by atoms with Crippen LogP contribution < -0.4 is 10.1 Å². The number of amides is 1. The molecular weight excluding hydrogens is 358 g/mol. The van der Waals surface area contributed by atoms with Gasteiger partial charge in [0.05, 0.1) is 11.0 Å². The van der Waals surface area contributed by atoms with E-state index in [4.69, 9.17) is 4.74 Å². The molecule has 1 unspecified atom stereocenters. The van der Waals surface area contributed by atoms with Crippen LogP contribution in [0.4, 0.5) is 5.82 Å². The number of carbonyl (C=O) groups is 1. The van der Waals surface area contributed by atoms with E-state index in [9.17, 15) is 4.79 Å². The first kappa shape index (κ1) is 17.7. The summed E-state index contributed by atoms with van der Waals surface area (Å²) < 4.78 is 6.17. The Morgan fingerprint density at radius 3 is 2.74 bits per heavy atom. The maximum atomic E-state index is 12.0. The largest absolute Gasteiger partial charge is 0.489 e. The Morgan fingerprint density at radius 2 is 1.93 bits per heavy atom. The highest BCUT2D eigenvalue weighted by molar-refractivity contribution is 8.00. The number of nitrogens with one attached hydrogen (secondary N) is 2. The quantitative estimate of drug-likeness (QED) is 0.706. The lowest BCUT2D eigenvalue weighted by Crippen LogP contribution is -2.12. The summed E-state index contributed by atoms with van der Waals surface area (Å²) in [5.74, 6) is 1.79. The summed E-state index contributed by atoms with van der Waals surface area (Å²) in [4.78, 5) is 12.0. The minimum atomic E-state index is -0.0340. The zero-order valence-corrected chi connectivity index (χ0v) is 16.1. The fourth-order valence-corrected chi connectivity index (χ4v) is 4.40. The van der Waals surface area contributed by atoms with Crippen LogP contribution in [0.2, 0.25) is 0 Å². The van der Waals surface area contributed by atoms with Crippen molar-refractivity contribution < 1.29 is 9.53 Å². The van der Waals surface area contributed by atoms with Gasteiger partial charge in [-0.15, -0.1) is 11.8 Å². The number of thioether (sulfide) groups is 1. The molecule has 3 aromatic rings. The van der Waals surface area contributed by atoms with E-state index in [2.05, 4.69) is 52.8 Å². The maximum Gasteiger partial charge on any atom is 0.235 e. The average Bonchev–Trinajstić information content (AvgIpc) is 2.93. The lowest BCUT2D eigenvalue weighted by Gasteiger charge is -2.19. The predicted molar refractivity (Wildman–Crippen MR) is 108 cm³/mol. The monoisotopic (exact) mass is 379 g/mol. The first-order valence-corrected chi connectivity index (χ1v) is 9.90. The summed E-state index contributed by atoms with van der Waals surface area (Å²) in [6, 6.07) is 16.4. The van der Waals surface area contributed by atoms with Crippen LogP contribution >= 0.6 is 11.8 Å². The molecule has 0 bridgehead atoms. The molecule has 27 heavy (non-hydrogen) atoms. The molecule has 0 fully saturated rings. The van der Waals surface area contributed by atoms with Gasteiger partial charge in [-0.3, -0.25) is 9.89 Å². The van der Waals surface area contributed by atoms with Crippen LogP contribution in [0.3, 0.4) is 0 Å². The summed E-state index contributed by atoms with van der Waals surface area (Å²) in [6.45, 7) is 4.55. The van der Waals surface area contributed by atoms with Crippen molar-refractivity contribution in [1.82, 2.24) is 10.2 Å².